The first kappa shape index (κ1) is 10.7. The first-order valence-electron chi connectivity index (χ1n) is 4.00. The number of hydrogen-bond donors (Lipinski definition) is 2. The van der Waals surface area contributed by atoms with Crippen molar-refractivity contribution in [1.29, 1.82) is 0 Å². The lowest BCUT2D eigenvalue weighted by Gasteiger charge is -1.96. The quantitative estimate of drug-likeness (QED) is 0.695. The molecule has 1 rings (SSSR count). The molecule has 2 N–H and O–H groups in total. The molecule has 0 aliphatic rings. The second kappa shape index (κ2) is 6.39. The van der Waals surface area contributed by atoms with Gasteiger partial charge in [0.1, 0.15) is 0 Å². The van der Waals surface area contributed by atoms with E-state index in [4.69, 9.17) is 0 Å². The number of carbonyl (C=O) groups is 1. The van der Waals surface area contributed by atoms with Gasteiger partial charge in [-0.1, -0.05) is 13.8 Å². The standard InChI is InChI=1S/C6H9N3O.C2H6/c1-5(10)8-3-6-2-7-4-9-6;1-2/h2,4H,3H2,1H3,(H,7,9)(H,8,10);1-2H3. The van der Waals surface area contributed by atoms with Gasteiger partial charge >= 0.3 is 0 Å². The van der Waals surface area contributed by atoms with Crippen LogP contribution in [0.15, 0.2) is 12.5 Å². The highest BCUT2D eigenvalue weighted by Gasteiger charge is 1.92. The van der Waals surface area contributed by atoms with E-state index in [2.05, 4.69) is 15.3 Å². The molecule has 0 spiro atoms. The lowest BCUT2D eigenvalue weighted by atomic mass is 10.5. The molecule has 1 aromatic heterocycles. The molecule has 68 valence electrons. The molecular formula is C8H15N3O. The van der Waals surface area contributed by atoms with Gasteiger partial charge in [-0.25, -0.2) is 4.98 Å². The topological polar surface area (TPSA) is 57.8 Å². The van der Waals surface area contributed by atoms with E-state index in [1.54, 1.807) is 12.5 Å². The average Bonchev–Trinajstić information content (AvgIpc) is 2.56. The van der Waals surface area contributed by atoms with Crippen molar-refractivity contribution in [1.82, 2.24) is 15.3 Å². The van der Waals surface area contributed by atoms with Gasteiger partial charge in [0.2, 0.25) is 5.91 Å². The zero-order chi connectivity index (χ0) is 9.40. The molecule has 1 heterocycles. The lowest BCUT2D eigenvalue weighted by molar-refractivity contribution is -0.119. The van der Waals surface area contributed by atoms with E-state index in [9.17, 15) is 4.79 Å². The van der Waals surface area contributed by atoms with Crippen LogP contribution in [-0.4, -0.2) is 15.9 Å². The van der Waals surface area contributed by atoms with Crippen molar-refractivity contribution in [2.45, 2.75) is 27.3 Å². The van der Waals surface area contributed by atoms with Crippen LogP contribution in [0, 0.1) is 0 Å². The van der Waals surface area contributed by atoms with Crippen molar-refractivity contribution in [3.63, 3.8) is 0 Å². The van der Waals surface area contributed by atoms with Gasteiger partial charge in [0.05, 0.1) is 18.6 Å². The van der Waals surface area contributed by atoms with Crippen LogP contribution in [0.5, 0.6) is 0 Å². The largest absolute Gasteiger partial charge is 0.351 e. The SMILES string of the molecule is CC.CC(=O)NCc1cnc[nH]1. The summed E-state index contributed by atoms with van der Waals surface area (Å²) in [5.74, 6) is -0.0328. The lowest BCUT2D eigenvalue weighted by Crippen LogP contribution is -2.18. The molecule has 0 radical (unpaired) electrons. The third-order valence-corrected chi connectivity index (χ3v) is 1.08. The fourth-order valence-corrected chi connectivity index (χ4v) is 0.601. The third-order valence-electron chi connectivity index (χ3n) is 1.08. The molecule has 0 bridgehead atoms. The number of aromatic amines is 1. The number of hydrogen-bond acceptors (Lipinski definition) is 2. The van der Waals surface area contributed by atoms with Gasteiger partial charge in [0.25, 0.3) is 0 Å². The predicted octanol–water partition coefficient (Wildman–Crippen LogP) is 1.07. The Balaban J connectivity index is 0.000000561. The van der Waals surface area contributed by atoms with Crippen molar-refractivity contribution >= 4 is 5.91 Å². The van der Waals surface area contributed by atoms with Gasteiger partial charge in [-0.15, -0.1) is 0 Å². The fourth-order valence-electron chi connectivity index (χ4n) is 0.601. The Labute approximate surface area is 72.4 Å². The van der Waals surface area contributed by atoms with E-state index in [0.717, 1.165) is 5.69 Å². The summed E-state index contributed by atoms with van der Waals surface area (Å²) >= 11 is 0. The number of nitrogens with one attached hydrogen (secondary N) is 2. The number of rotatable bonds is 2. The van der Waals surface area contributed by atoms with E-state index < -0.39 is 0 Å². The highest BCUT2D eigenvalue weighted by atomic mass is 16.1. The second-order valence-corrected chi connectivity index (χ2v) is 1.99. The molecular weight excluding hydrogens is 154 g/mol. The number of H-pyrrole nitrogens is 1. The fraction of sp³-hybridized carbons (Fsp3) is 0.500. The Morgan fingerprint density at radius 2 is 2.33 bits per heavy atom. The Morgan fingerprint density at radius 3 is 2.75 bits per heavy atom. The van der Waals surface area contributed by atoms with Crippen LogP contribution in [0.4, 0.5) is 0 Å². The maximum atomic E-state index is 10.4. The Hall–Kier alpha value is -1.32. The summed E-state index contributed by atoms with van der Waals surface area (Å²) in [6.45, 7) is 6.01. The molecule has 0 aromatic carbocycles. The Kier molecular flexibility index (Phi) is 5.69. The van der Waals surface area contributed by atoms with Gasteiger partial charge in [0.15, 0.2) is 0 Å². The highest BCUT2D eigenvalue weighted by molar-refractivity contribution is 5.72. The van der Waals surface area contributed by atoms with Crippen LogP contribution in [0.3, 0.4) is 0 Å². The third kappa shape index (κ3) is 4.49. The van der Waals surface area contributed by atoms with Crippen molar-refractivity contribution in [2.24, 2.45) is 0 Å². The smallest absolute Gasteiger partial charge is 0.217 e. The normalized spacial score (nSPS) is 8.25. The average molecular weight is 169 g/mol. The summed E-state index contributed by atoms with van der Waals surface area (Å²) < 4.78 is 0. The number of nitrogens with zero attached hydrogens (tertiary/aromatic N) is 1. The van der Waals surface area contributed by atoms with E-state index >= 15 is 0 Å². The Morgan fingerprint density at radius 1 is 1.67 bits per heavy atom. The molecule has 0 aliphatic carbocycles. The van der Waals surface area contributed by atoms with Gasteiger partial charge in [-0.3, -0.25) is 4.79 Å². The summed E-state index contributed by atoms with van der Waals surface area (Å²) in [5.41, 5.74) is 0.912. The van der Waals surface area contributed by atoms with E-state index in [1.807, 2.05) is 13.8 Å². The van der Waals surface area contributed by atoms with Gasteiger partial charge in [-0.2, -0.15) is 0 Å². The summed E-state index contributed by atoms with van der Waals surface area (Å²) in [7, 11) is 0. The highest BCUT2D eigenvalue weighted by Crippen LogP contribution is 1.87. The van der Waals surface area contributed by atoms with Crippen molar-refractivity contribution < 1.29 is 4.79 Å². The van der Waals surface area contributed by atoms with E-state index in [-0.39, 0.29) is 5.91 Å². The van der Waals surface area contributed by atoms with Crippen LogP contribution in [0.25, 0.3) is 0 Å². The zero-order valence-corrected chi connectivity index (χ0v) is 7.72. The zero-order valence-electron chi connectivity index (χ0n) is 7.72. The van der Waals surface area contributed by atoms with Crippen molar-refractivity contribution in [3.05, 3.63) is 18.2 Å². The predicted molar refractivity (Wildman–Crippen MR) is 47.5 cm³/mol. The van der Waals surface area contributed by atoms with E-state index in [0.29, 0.717) is 6.54 Å². The number of amides is 1. The first-order chi connectivity index (χ1) is 5.79. The molecule has 0 aliphatic heterocycles. The van der Waals surface area contributed by atoms with Gasteiger partial charge in [-0.05, 0) is 0 Å². The van der Waals surface area contributed by atoms with Gasteiger partial charge < -0.3 is 10.3 Å². The van der Waals surface area contributed by atoms with E-state index in [1.165, 1.54) is 6.92 Å². The van der Waals surface area contributed by atoms with Crippen LogP contribution >= 0.6 is 0 Å². The number of carbonyl (C=O) groups excluding carboxylic acids is 1. The minimum absolute atomic E-state index is 0.0328. The van der Waals surface area contributed by atoms with Crippen LogP contribution in [0.1, 0.15) is 26.5 Å². The van der Waals surface area contributed by atoms with Gasteiger partial charge in [0, 0.05) is 13.1 Å². The molecule has 0 atom stereocenters. The summed E-state index contributed by atoms with van der Waals surface area (Å²) in [6.07, 6.45) is 3.26. The maximum Gasteiger partial charge on any atom is 0.217 e. The molecule has 4 heteroatoms. The van der Waals surface area contributed by atoms with Crippen molar-refractivity contribution in [3.8, 4) is 0 Å². The summed E-state index contributed by atoms with van der Waals surface area (Å²) in [4.78, 5) is 17.1. The summed E-state index contributed by atoms with van der Waals surface area (Å²) in [6, 6.07) is 0. The monoisotopic (exact) mass is 169 g/mol. The molecule has 0 saturated heterocycles. The minimum atomic E-state index is -0.0328. The molecule has 4 nitrogen and oxygen atoms in total. The second-order valence-electron chi connectivity index (χ2n) is 1.99. The summed E-state index contributed by atoms with van der Waals surface area (Å²) in [5, 5.41) is 2.64. The molecule has 0 unspecified atom stereocenters. The molecule has 12 heavy (non-hydrogen) atoms. The van der Waals surface area contributed by atoms with Crippen LogP contribution < -0.4 is 5.32 Å². The molecule has 0 saturated carbocycles. The molecule has 1 amide bonds. The van der Waals surface area contributed by atoms with Crippen LogP contribution in [0.2, 0.25) is 0 Å². The first-order valence-corrected chi connectivity index (χ1v) is 4.00. The molecule has 0 fully saturated rings. The number of aromatic nitrogens is 2. The van der Waals surface area contributed by atoms with Crippen molar-refractivity contribution in [2.75, 3.05) is 0 Å². The Bertz CT molecular complexity index is 206. The molecule has 1 aromatic rings. The number of imidazole rings is 1. The van der Waals surface area contributed by atoms with Crippen LogP contribution in [-0.2, 0) is 11.3 Å². The maximum absolute atomic E-state index is 10.4. The minimum Gasteiger partial charge on any atom is -0.351 e.